The molecule has 0 saturated carbocycles. The van der Waals surface area contributed by atoms with E-state index in [0.29, 0.717) is 17.2 Å². The Labute approximate surface area is 144 Å². The zero-order chi connectivity index (χ0) is 17.7. The first-order valence-corrected chi connectivity index (χ1v) is 7.38. The van der Waals surface area contributed by atoms with Gasteiger partial charge in [0.25, 0.3) is 0 Å². The lowest BCUT2D eigenvalue weighted by Crippen LogP contribution is -2.26. The number of hydrogen-bond acceptors (Lipinski definition) is 5. The summed E-state index contributed by atoms with van der Waals surface area (Å²) in [4.78, 5) is 0.187. The van der Waals surface area contributed by atoms with Crippen molar-refractivity contribution >= 4 is 22.9 Å². The molecule has 0 heterocycles. The SMILES string of the molecule is COc1ccc(C(Nc2ccc(C#N)c(F)c2)C(N)=S)cc1OC. The van der Waals surface area contributed by atoms with Crippen LogP contribution in [0.25, 0.3) is 0 Å². The van der Waals surface area contributed by atoms with Gasteiger partial charge in [-0.05, 0) is 35.9 Å². The average Bonchev–Trinajstić information content (AvgIpc) is 2.59. The van der Waals surface area contributed by atoms with Crippen LogP contribution in [0.3, 0.4) is 0 Å². The lowest BCUT2D eigenvalue weighted by Gasteiger charge is -2.20. The van der Waals surface area contributed by atoms with Crippen LogP contribution in [-0.2, 0) is 0 Å². The molecule has 0 radical (unpaired) electrons. The summed E-state index contributed by atoms with van der Waals surface area (Å²) in [5.74, 6) is 0.493. The van der Waals surface area contributed by atoms with Crippen molar-refractivity contribution in [3.8, 4) is 17.6 Å². The van der Waals surface area contributed by atoms with Crippen LogP contribution in [0.5, 0.6) is 11.5 Å². The second-order valence-electron chi connectivity index (χ2n) is 4.90. The van der Waals surface area contributed by atoms with Crippen molar-refractivity contribution in [3.05, 3.63) is 53.3 Å². The van der Waals surface area contributed by atoms with Gasteiger partial charge >= 0.3 is 0 Å². The highest BCUT2D eigenvalue weighted by Crippen LogP contribution is 2.31. The second-order valence-corrected chi connectivity index (χ2v) is 5.37. The number of nitriles is 1. The molecule has 5 nitrogen and oxygen atoms in total. The summed E-state index contributed by atoms with van der Waals surface area (Å²) in [7, 11) is 3.07. The van der Waals surface area contributed by atoms with Gasteiger partial charge < -0.3 is 20.5 Å². The minimum Gasteiger partial charge on any atom is -0.493 e. The van der Waals surface area contributed by atoms with Gasteiger partial charge in [0.05, 0.1) is 19.8 Å². The van der Waals surface area contributed by atoms with E-state index in [2.05, 4.69) is 5.32 Å². The van der Waals surface area contributed by atoms with Gasteiger partial charge in [0.1, 0.15) is 22.9 Å². The van der Waals surface area contributed by atoms with Crippen LogP contribution in [0.4, 0.5) is 10.1 Å². The van der Waals surface area contributed by atoms with E-state index in [9.17, 15) is 4.39 Å². The van der Waals surface area contributed by atoms with Crippen molar-refractivity contribution < 1.29 is 13.9 Å². The Balaban J connectivity index is 2.35. The first-order valence-electron chi connectivity index (χ1n) is 6.97. The summed E-state index contributed by atoms with van der Waals surface area (Å²) in [6, 6.07) is 10.7. The molecule has 0 spiro atoms. The Bertz CT molecular complexity index is 805. The third-order valence-electron chi connectivity index (χ3n) is 3.43. The van der Waals surface area contributed by atoms with E-state index >= 15 is 0 Å². The number of nitrogens with one attached hydrogen (secondary N) is 1. The molecule has 1 atom stereocenters. The predicted octanol–water partition coefficient (Wildman–Crippen LogP) is 3.15. The van der Waals surface area contributed by atoms with Crippen LogP contribution in [0.1, 0.15) is 17.2 Å². The maximum atomic E-state index is 13.8. The van der Waals surface area contributed by atoms with E-state index in [1.807, 2.05) is 0 Å². The van der Waals surface area contributed by atoms with Gasteiger partial charge in [0.15, 0.2) is 11.5 Å². The van der Waals surface area contributed by atoms with E-state index in [-0.39, 0.29) is 10.6 Å². The molecule has 0 aliphatic carbocycles. The smallest absolute Gasteiger partial charge is 0.161 e. The monoisotopic (exact) mass is 345 g/mol. The highest BCUT2D eigenvalue weighted by atomic mass is 32.1. The minimum atomic E-state index is -0.614. The molecule has 2 rings (SSSR count). The maximum Gasteiger partial charge on any atom is 0.161 e. The fourth-order valence-electron chi connectivity index (χ4n) is 2.21. The van der Waals surface area contributed by atoms with Crippen LogP contribution in [-0.4, -0.2) is 19.2 Å². The van der Waals surface area contributed by atoms with Gasteiger partial charge in [-0.3, -0.25) is 0 Å². The molecule has 0 aromatic heterocycles. The number of hydrogen-bond donors (Lipinski definition) is 2. The van der Waals surface area contributed by atoms with E-state index in [0.717, 1.165) is 5.56 Å². The van der Waals surface area contributed by atoms with E-state index in [1.54, 1.807) is 37.4 Å². The number of anilines is 1. The summed E-state index contributed by atoms with van der Waals surface area (Å²) in [5.41, 5.74) is 6.99. The number of nitrogens with two attached hydrogens (primary N) is 1. The molecule has 0 aliphatic heterocycles. The first kappa shape index (κ1) is 17.5. The van der Waals surface area contributed by atoms with Crippen molar-refractivity contribution in [1.82, 2.24) is 0 Å². The lowest BCUT2D eigenvalue weighted by atomic mass is 10.1. The quantitative estimate of drug-likeness (QED) is 0.783. The second kappa shape index (κ2) is 7.62. The maximum absolute atomic E-state index is 13.8. The third-order valence-corrected chi connectivity index (χ3v) is 3.66. The molecule has 0 amide bonds. The van der Waals surface area contributed by atoms with Crippen molar-refractivity contribution in [2.45, 2.75) is 6.04 Å². The zero-order valence-electron chi connectivity index (χ0n) is 13.2. The number of thiocarbonyl (C=S) groups is 1. The molecule has 7 heteroatoms. The molecule has 0 aliphatic rings. The van der Waals surface area contributed by atoms with E-state index in [4.69, 9.17) is 32.7 Å². The van der Waals surface area contributed by atoms with Crippen LogP contribution in [0, 0.1) is 17.1 Å². The Hall–Kier alpha value is -2.85. The van der Waals surface area contributed by atoms with Crippen LogP contribution in [0.15, 0.2) is 36.4 Å². The summed E-state index contributed by atoms with van der Waals surface area (Å²) in [6.45, 7) is 0. The fourth-order valence-corrected chi connectivity index (χ4v) is 2.41. The zero-order valence-corrected chi connectivity index (χ0v) is 14.0. The van der Waals surface area contributed by atoms with Crippen molar-refractivity contribution in [2.24, 2.45) is 5.73 Å². The van der Waals surface area contributed by atoms with Crippen molar-refractivity contribution in [1.29, 1.82) is 5.26 Å². The molecule has 0 bridgehead atoms. The van der Waals surface area contributed by atoms with Gasteiger partial charge in [-0.2, -0.15) is 5.26 Å². The minimum absolute atomic E-state index is 0.0291. The van der Waals surface area contributed by atoms with Crippen molar-refractivity contribution in [3.63, 3.8) is 0 Å². The highest BCUT2D eigenvalue weighted by molar-refractivity contribution is 7.80. The van der Waals surface area contributed by atoms with Crippen LogP contribution >= 0.6 is 12.2 Å². The number of nitrogens with zero attached hydrogens (tertiary/aromatic N) is 1. The number of rotatable bonds is 6. The Kier molecular flexibility index (Phi) is 5.55. The standard InChI is InChI=1S/C17H16FN3O2S/c1-22-14-6-4-10(7-15(14)23-2)16(17(20)24)21-12-5-3-11(9-19)13(18)8-12/h3-8,16,21H,1-2H3,(H2,20,24). The van der Waals surface area contributed by atoms with E-state index < -0.39 is 11.9 Å². The normalized spacial score (nSPS) is 11.2. The Morgan fingerprint density at radius 3 is 2.46 bits per heavy atom. The van der Waals surface area contributed by atoms with Crippen LogP contribution < -0.4 is 20.5 Å². The van der Waals surface area contributed by atoms with Crippen molar-refractivity contribution in [2.75, 3.05) is 19.5 Å². The molecule has 24 heavy (non-hydrogen) atoms. The fraction of sp³-hybridized carbons (Fsp3) is 0.176. The summed E-state index contributed by atoms with van der Waals surface area (Å²) >= 11 is 5.12. The average molecular weight is 345 g/mol. The molecule has 2 aromatic rings. The Morgan fingerprint density at radius 1 is 1.21 bits per heavy atom. The molecular weight excluding hydrogens is 329 g/mol. The number of halogens is 1. The first-order chi connectivity index (χ1) is 11.5. The lowest BCUT2D eigenvalue weighted by molar-refractivity contribution is 0.354. The number of benzene rings is 2. The summed E-state index contributed by atoms with van der Waals surface area (Å²) in [6.07, 6.45) is 0. The Morgan fingerprint density at radius 2 is 1.92 bits per heavy atom. The summed E-state index contributed by atoms with van der Waals surface area (Å²) in [5, 5.41) is 11.9. The molecule has 3 N–H and O–H groups in total. The topological polar surface area (TPSA) is 80.3 Å². The molecular formula is C17H16FN3O2S. The van der Waals surface area contributed by atoms with Gasteiger partial charge in [0, 0.05) is 5.69 Å². The highest BCUT2D eigenvalue weighted by Gasteiger charge is 2.17. The molecule has 1 unspecified atom stereocenters. The van der Waals surface area contributed by atoms with Gasteiger partial charge in [-0.25, -0.2) is 4.39 Å². The predicted molar refractivity (Wildman–Crippen MR) is 93.8 cm³/mol. The molecule has 0 saturated heterocycles. The van der Waals surface area contributed by atoms with E-state index in [1.165, 1.54) is 19.2 Å². The van der Waals surface area contributed by atoms with Crippen LogP contribution in [0.2, 0.25) is 0 Å². The van der Waals surface area contributed by atoms with Gasteiger partial charge in [-0.1, -0.05) is 18.3 Å². The molecule has 0 fully saturated rings. The van der Waals surface area contributed by atoms with Gasteiger partial charge in [-0.15, -0.1) is 0 Å². The molecule has 124 valence electrons. The molecule has 2 aromatic carbocycles. The van der Waals surface area contributed by atoms with Gasteiger partial charge in [0.2, 0.25) is 0 Å². The summed E-state index contributed by atoms with van der Waals surface area (Å²) < 4.78 is 24.2. The number of methoxy groups -OCH3 is 2. The largest absolute Gasteiger partial charge is 0.493 e. The number of ether oxygens (including phenoxy) is 2. The third kappa shape index (κ3) is 3.73.